The Morgan fingerprint density at radius 2 is 1.84 bits per heavy atom. The Morgan fingerprint density at radius 3 is 2.52 bits per heavy atom. The molecule has 3 rings (SSSR count). The van der Waals surface area contributed by atoms with Crippen LogP contribution in [0.1, 0.15) is 5.56 Å². The summed E-state index contributed by atoms with van der Waals surface area (Å²) >= 11 is 5.88. The van der Waals surface area contributed by atoms with Crippen LogP contribution in [0.5, 0.6) is 5.75 Å². The molecule has 0 fully saturated rings. The second-order valence-corrected chi connectivity index (χ2v) is 5.95. The minimum atomic E-state index is -0.199. The first-order valence-corrected chi connectivity index (χ1v) is 8.26. The number of benzene rings is 2. The van der Waals surface area contributed by atoms with Gasteiger partial charge in [0.1, 0.15) is 5.75 Å². The summed E-state index contributed by atoms with van der Waals surface area (Å²) in [6, 6.07) is 16.6. The van der Waals surface area contributed by atoms with Gasteiger partial charge in [-0.15, -0.1) is 0 Å². The highest BCUT2D eigenvalue weighted by atomic mass is 35.5. The van der Waals surface area contributed by atoms with E-state index in [9.17, 15) is 4.79 Å². The van der Waals surface area contributed by atoms with Gasteiger partial charge in [0.25, 0.3) is 5.56 Å². The van der Waals surface area contributed by atoms with Crippen LogP contribution in [0.4, 0.5) is 5.95 Å². The van der Waals surface area contributed by atoms with Crippen LogP contribution < -0.4 is 15.6 Å². The van der Waals surface area contributed by atoms with E-state index in [0.717, 1.165) is 28.3 Å². The van der Waals surface area contributed by atoms with E-state index in [0.29, 0.717) is 18.2 Å². The Bertz CT molecular complexity index is 890. The Balaban J connectivity index is 1.70. The van der Waals surface area contributed by atoms with Crippen LogP contribution in [0.15, 0.2) is 59.4 Å². The van der Waals surface area contributed by atoms with E-state index in [1.165, 1.54) is 6.07 Å². The van der Waals surface area contributed by atoms with Gasteiger partial charge in [-0.2, -0.15) is 0 Å². The maximum Gasteiger partial charge on any atom is 0.252 e. The topological polar surface area (TPSA) is 67.0 Å². The molecule has 0 amide bonds. The molecule has 6 heteroatoms. The lowest BCUT2D eigenvalue weighted by atomic mass is 10.1. The van der Waals surface area contributed by atoms with Crippen LogP contribution in [0.25, 0.3) is 11.3 Å². The van der Waals surface area contributed by atoms with Crippen molar-refractivity contribution in [1.82, 2.24) is 9.97 Å². The molecule has 25 heavy (non-hydrogen) atoms. The zero-order valence-corrected chi connectivity index (χ0v) is 14.5. The van der Waals surface area contributed by atoms with Crippen LogP contribution >= 0.6 is 11.6 Å². The number of methoxy groups -OCH3 is 1. The van der Waals surface area contributed by atoms with Crippen molar-refractivity contribution in [1.29, 1.82) is 0 Å². The third kappa shape index (κ3) is 4.61. The van der Waals surface area contributed by atoms with E-state index in [2.05, 4.69) is 15.3 Å². The van der Waals surface area contributed by atoms with Crippen molar-refractivity contribution in [3.05, 3.63) is 75.5 Å². The quantitative estimate of drug-likeness (QED) is 0.706. The van der Waals surface area contributed by atoms with E-state index in [1.54, 1.807) is 7.11 Å². The van der Waals surface area contributed by atoms with Gasteiger partial charge in [-0.3, -0.25) is 9.78 Å². The minimum absolute atomic E-state index is 0.199. The molecule has 5 nitrogen and oxygen atoms in total. The molecule has 0 aliphatic heterocycles. The summed E-state index contributed by atoms with van der Waals surface area (Å²) in [6.07, 6.45) is 0.799. The minimum Gasteiger partial charge on any atom is -0.497 e. The number of aromatic amines is 1. The van der Waals surface area contributed by atoms with Crippen molar-refractivity contribution in [3.63, 3.8) is 0 Å². The summed E-state index contributed by atoms with van der Waals surface area (Å²) in [6.45, 7) is 0.649. The predicted molar refractivity (Wildman–Crippen MR) is 100 cm³/mol. The number of hydrogen-bond acceptors (Lipinski definition) is 4. The molecule has 0 aliphatic rings. The van der Waals surface area contributed by atoms with Crippen molar-refractivity contribution >= 4 is 17.5 Å². The van der Waals surface area contributed by atoms with Crippen LogP contribution in [0, 0.1) is 0 Å². The molecular formula is C19H18ClN3O2. The van der Waals surface area contributed by atoms with Crippen molar-refractivity contribution < 1.29 is 4.74 Å². The van der Waals surface area contributed by atoms with Gasteiger partial charge in [-0.05, 0) is 48.4 Å². The summed E-state index contributed by atoms with van der Waals surface area (Å²) < 4.78 is 5.15. The van der Waals surface area contributed by atoms with Crippen molar-refractivity contribution in [3.8, 4) is 17.0 Å². The van der Waals surface area contributed by atoms with Crippen molar-refractivity contribution in [2.75, 3.05) is 19.0 Å². The fraction of sp³-hybridized carbons (Fsp3) is 0.158. The fourth-order valence-electron chi connectivity index (χ4n) is 2.43. The van der Waals surface area contributed by atoms with Crippen LogP contribution in [0.2, 0.25) is 5.02 Å². The number of rotatable bonds is 6. The number of anilines is 1. The van der Waals surface area contributed by atoms with Gasteiger partial charge in [0.2, 0.25) is 5.95 Å². The molecule has 128 valence electrons. The molecule has 2 aromatic carbocycles. The van der Waals surface area contributed by atoms with E-state index in [1.807, 2.05) is 48.5 Å². The highest BCUT2D eigenvalue weighted by Crippen LogP contribution is 2.20. The molecule has 0 saturated carbocycles. The first kappa shape index (κ1) is 17.0. The predicted octanol–water partition coefficient (Wildman–Crippen LogP) is 3.75. The third-order valence-electron chi connectivity index (χ3n) is 3.75. The van der Waals surface area contributed by atoms with Crippen LogP contribution in [-0.4, -0.2) is 23.6 Å². The second kappa shape index (κ2) is 7.85. The highest BCUT2D eigenvalue weighted by Gasteiger charge is 2.04. The van der Waals surface area contributed by atoms with E-state index < -0.39 is 0 Å². The Hall–Kier alpha value is -2.79. The van der Waals surface area contributed by atoms with E-state index >= 15 is 0 Å². The van der Waals surface area contributed by atoms with Gasteiger partial charge in [0, 0.05) is 23.2 Å². The third-order valence-corrected chi connectivity index (χ3v) is 4.00. The van der Waals surface area contributed by atoms with Gasteiger partial charge >= 0.3 is 0 Å². The number of ether oxygens (including phenoxy) is 1. The summed E-state index contributed by atoms with van der Waals surface area (Å²) in [5.74, 6) is 1.21. The average molecular weight is 356 g/mol. The number of halogens is 1. The smallest absolute Gasteiger partial charge is 0.252 e. The summed E-state index contributed by atoms with van der Waals surface area (Å²) in [7, 11) is 1.61. The number of aromatic nitrogens is 2. The molecule has 0 atom stereocenters. The van der Waals surface area contributed by atoms with Crippen LogP contribution in [-0.2, 0) is 6.42 Å². The van der Waals surface area contributed by atoms with Gasteiger partial charge in [-0.25, -0.2) is 4.98 Å². The van der Waals surface area contributed by atoms with Crippen molar-refractivity contribution in [2.24, 2.45) is 0 Å². The summed E-state index contributed by atoms with van der Waals surface area (Å²) in [5.41, 5.74) is 2.42. The molecule has 3 aromatic rings. The summed E-state index contributed by atoms with van der Waals surface area (Å²) in [5, 5.41) is 3.87. The Kier molecular flexibility index (Phi) is 5.36. The zero-order valence-electron chi connectivity index (χ0n) is 13.8. The van der Waals surface area contributed by atoms with Gasteiger partial charge in [0.05, 0.1) is 12.8 Å². The molecule has 2 N–H and O–H groups in total. The van der Waals surface area contributed by atoms with E-state index in [4.69, 9.17) is 16.3 Å². The molecule has 0 aliphatic carbocycles. The number of hydrogen-bond donors (Lipinski definition) is 2. The maximum absolute atomic E-state index is 11.9. The molecule has 0 spiro atoms. The van der Waals surface area contributed by atoms with E-state index in [-0.39, 0.29) is 5.56 Å². The van der Waals surface area contributed by atoms with Crippen molar-refractivity contribution in [2.45, 2.75) is 6.42 Å². The lowest BCUT2D eigenvalue weighted by molar-refractivity contribution is 0.415. The lowest BCUT2D eigenvalue weighted by Gasteiger charge is -2.08. The molecule has 0 radical (unpaired) electrons. The largest absolute Gasteiger partial charge is 0.497 e. The van der Waals surface area contributed by atoms with Gasteiger partial charge < -0.3 is 10.1 Å². The molecule has 0 unspecified atom stereocenters. The standard InChI is InChI=1S/C19H18ClN3O2/c1-25-16-8-4-14(5-9-16)17-12-18(24)23-19(22-17)21-11-10-13-2-6-15(20)7-3-13/h2-9,12H,10-11H2,1H3,(H2,21,22,23,24). The fourth-order valence-corrected chi connectivity index (χ4v) is 2.55. The number of nitrogens with one attached hydrogen (secondary N) is 2. The molecule has 0 saturated heterocycles. The van der Waals surface area contributed by atoms with Gasteiger partial charge in [0.15, 0.2) is 0 Å². The van der Waals surface area contributed by atoms with Gasteiger partial charge in [-0.1, -0.05) is 23.7 Å². The highest BCUT2D eigenvalue weighted by molar-refractivity contribution is 6.30. The summed E-state index contributed by atoms with van der Waals surface area (Å²) in [4.78, 5) is 19.1. The zero-order chi connectivity index (χ0) is 17.6. The molecule has 1 heterocycles. The molecule has 1 aromatic heterocycles. The van der Waals surface area contributed by atoms with Crippen LogP contribution in [0.3, 0.4) is 0 Å². The molecule has 0 bridgehead atoms. The monoisotopic (exact) mass is 355 g/mol. The average Bonchev–Trinajstić information content (AvgIpc) is 2.63. The lowest BCUT2D eigenvalue weighted by Crippen LogP contribution is -2.14. The Labute approximate surface area is 150 Å². The maximum atomic E-state index is 11.9. The first-order valence-electron chi connectivity index (χ1n) is 7.88. The second-order valence-electron chi connectivity index (χ2n) is 5.51. The Morgan fingerprint density at radius 1 is 1.12 bits per heavy atom. The first-order chi connectivity index (χ1) is 12.1. The SMILES string of the molecule is COc1ccc(-c2cc(=O)[nH]c(NCCc3ccc(Cl)cc3)n2)cc1. The molecular weight excluding hydrogens is 338 g/mol. The number of H-pyrrole nitrogens is 1. The normalized spacial score (nSPS) is 10.5. The number of nitrogens with zero attached hydrogens (tertiary/aromatic N) is 1.